The van der Waals surface area contributed by atoms with Crippen LogP contribution >= 0.6 is 0 Å². The molecule has 1 aliphatic heterocycles. The molecule has 1 atom stereocenters. The molecule has 0 bridgehead atoms. The number of hydrogen-bond donors (Lipinski definition) is 1. The Morgan fingerprint density at radius 2 is 1.89 bits per heavy atom. The fourth-order valence-electron chi connectivity index (χ4n) is 4.45. The molecule has 1 N–H and O–H groups in total. The number of H-pyrrole nitrogens is 1. The first-order valence-corrected chi connectivity index (χ1v) is 9.41. The summed E-state index contributed by atoms with van der Waals surface area (Å²) in [5.74, 6) is -2.32. The number of amides is 1. The van der Waals surface area contributed by atoms with E-state index in [2.05, 4.69) is 24.9 Å². The minimum Gasteiger partial charge on any atom is -0.355 e. The van der Waals surface area contributed by atoms with Gasteiger partial charge in [-0.15, -0.1) is 0 Å². The van der Waals surface area contributed by atoms with Gasteiger partial charge in [0.2, 0.25) is 0 Å². The van der Waals surface area contributed by atoms with E-state index in [-0.39, 0.29) is 22.9 Å². The molecule has 2 heterocycles. The van der Waals surface area contributed by atoms with Gasteiger partial charge in [0.15, 0.2) is 11.6 Å². The first-order valence-electron chi connectivity index (χ1n) is 9.41. The Morgan fingerprint density at radius 1 is 1.14 bits per heavy atom. The van der Waals surface area contributed by atoms with Crippen LogP contribution in [0.2, 0.25) is 0 Å². The summed E-state index contributed by atoms with van der Waals surface area (Å²) in [5, 5.41) is 1.13. The molecule has 144 valence electrons. The highest BCUT2D eigenvalue weighted by atomic mass is 19.2. The van der Waals surface area contributed by atoms with Crippen LogP contribution in [0, 0.1) is 11.6 Å². The monoisotopic (exact) mass is 380 g/mol. The summed E-state index contributed by atoms with van der Waals surface area (Å²) in [6.07, 6.45) is 4.36. The van der Waals surface area contributed by atoms with Crippen LogP contribution < -0.4 is 0 Å². The predicted octanol–water partition coefficient (Wildman–Crippen LogP) is 5.63. The van der Waals surface area contributed by atoms with E-state index in [1.165, 1.54) is 6.07 Å². The van der Waals surface area contributed by atoms with E-state index >= 15 is 0 Å². The Balaban J connectivity index is 1.84. The Hall–Kier alpha value is -2.95. The van der Waals surface area contributed by atoms with E-state index in [1.807, 2.05) is 31.2 Å². The van der Waals surface area contributed by atoms with Gasteiger partial charge in [0.1, 0.15) is 0 Å². The van der Waals surface area contributed by atoms with Crippen molar-refractivity contribution in [2.24, 2.45) is 0 Å². The number of fused-ring (bicyclic) bond motifs is 3. The third kappa shape index (κ3) is 2.73. The van der Waals surface area contributed by atoms with E-state index in [0.717, 1.165) is 34.3 Å². The molecular formula is C23H22F2N2O. The molecule has 0 saturated heterocycles. The average Bonchev–Trinajstić information content (AvgIpc) is 3.00. The molecule has 1 amide bonds. The maximum atomic E-state index is 13.7. The van der Waals surface area contributed by atoms with Crippen LogP contribution in [0.4, 0.5) is 8.78 Å². The first-order chi connectivity index (χ1) is 13.3. The molecule has 0 saturated carbocycles. The lowest BCUT2D eigenvalue weighted by molar-refractivity contribution is 0.0706. The highest BCUT2D eigenvalue weighted by Crippen LogP contribution is 2.42. The second-order valence-electron chi connectivity index (χ2n) is 7.76. The van der Waals surface area contributed by atoms with Crippen LogP contribution in [0.15, 0.2) is 48.7 Å². The SMILES string of the molecule is CCC1N(C(=O)c2ccc(F)c(F)c2)C=Cc2[nH]c3ccccc3c2C1(C)C. The molecule has 4 rings (SSSR count). The van der Waals surface area contributed by atoms with Gasteiger partial charge in [-0.25, -0.2) is 8.78 Å². The molecule has 0 radical (unpaired) electrons. The van der Waals surface area contributed by atoms with Crippen molar-refractivity contribution in [2.45, 2.75) is 38.6 Å². The van der Waals surface area contributed by atoms with E-state index in [4.69, 9.17) is 0 Å². The average molecular weight is 380 g/mol. The van der Waals surface area contributed by atoms with Crippen molar-refractivity contribution in [1.82, 2.24) is 9.88 Å². The molecule has 28 heavy (non-hydrogen) atoms. The van der Waals surface area contributed by atoms with Crippen LogP contribution in [-0.4, -0.2) is 21.8 Å². The van der Waals surface area contributed by atoms with Gasteiger partial charge in [0.05, 0.1) is 0 Å². The number of aromatic nitrogens is 1. The number of carbonyl (C=O) groups excluding carboxylic acids is 1. The summed E-state index contributed by atoms with van der Waals surface area (Å²) in [5.41, 5.74) is 2.95. The third-order valence-electron chi connectivity index (χ3n) is 5.74. The van der Waals surface area contributed by atoms with E-state index in [1.54, 1.807) is 11.1 Å². The van der Waals surface area contributed by atoms with Crippen LogP contribution in [0.3, 0.4) is 0 Å². The molecule has 2 aromatic carbocycles. The zero-order valence-electron chi connectivity index (χ0n) is 16.1. The minimum atomic E-state index is -1.02. The lowest BCUT2D eigenvalue weighted by Crippen LogP contribution is -2.47. The van der Waals surface area contributed by atoms with Crippen LogP contribution in [-0.2, 0) is 5.41 Å². The Labute approximate surface area is 162 Å². The van der Waals surface area contributed by atoms with Gasteiger partial charge in [-0.1, -0.05) is 39.0 Å². The largest absolute Gasteiger partial charge is 0.355 e. The molecule has 0 spiro atoms. The second kappa shape index (κ2) is 6.59. The standard InChI is InChI=1S/C23H22F2N2O/c1-4-20-23(2,3)21-15-7-5-6-8-18(15)26-19(21)11-12-27(20)22(28)14-9-10-16(24)17(25)13-14/h5-13,20,26H,4H2,1-3H3. The number of nitrogens with zero attached hydrogens (tertiary/aromatic N) is 1. The van der Waals surface area contributed by atoms with Crippen molar-refractivity contribution in [3.05, 3.63) is 77.1 Å². The smallest absolute Gasteiger partial charge is 0.258 e. The summed E-state index contributed by atoms with van der Waals surface area (Å²) < 4.78 is 27.0. The summed E-state index contributed by atoms with van der Waals surface area (Å²) >= 11 is 0. The van der Waals surface area contributed by atoms with Crippen LogP contribution in [0.25, 0.3) is 17.0 Å². The van der Waals surface area contributed by atoms with Crippen molar-refractivity contribution in [2.75, 3.05) is 0 Å². The second-order valence-corrected chi connectivity index (χ2v) is 7.76. The summed E-state index contributed by atoms with van der Waals surface area (Å²) in [6.45, 7) is 6.28. The zero-order chi connectivity index (χ0) is 20.1. The van der Waals surface area contributed by atoms with Crippen molar-refractivity contribution in [3.63, 3.8) is 0 Å². The zero-order valence-corrected chi connectivity index (χ0v) is 16.1. The van der Waals surface area contributed by atoms with E-state index < -0.39 is 11.6 Å². The topological polar surface area (TPSA) is 36.1 Å². The molecule has 1 aliphatic rings. The molecule has 5 heteroatoms. The summed E-state index contributed by atoms with van der Waals surface area (Å²) in [4.78, 5) is 18.3. The number of halogens is 2. The van der Waals surface area contributed by atoms with Crippen LogP contribution in [0.1, 0.15) is 48.8 Å². The number of para-hydroxylation sites is 1. The molecule has 0 aliphatic carbocycles. The maximum Gasteiger partial charge on any atom is 0.258 e. The molecule has 1 aromatic heterocycles. The van der Waals surface area contributed by atoms with E-state index in [0.29, 0.717) is 6.42 Å². The highest BCUT2D eigenvalue weighted by Gasteiger charge is 2.40. The van der Waals surface area contributed by atoms with E-state index in [9.17, 15) is 13.6 Å². The lowest BCUT2D eigenvalue weighted by Gasteiger charge is -2.39. The number of aromatic amines is 1. The molecule has 3 nitrogen and oxygen atoms in total. The lowest BCUT2D eigenvalue weighted by atomic mass is 9.75. The summed E-state index contributed by atoms with van der Waals surface area (Å²) in [6, 6.07) is 11.3. The van der Waals surface area contributed by atoms with Crippen molar-refractivity contribution in [1.29, 1.82) is 0 Å². The fraction of sp³-hybridized carbons (Fsp3) is 0.261. The number of benzene rings is 2. The van der Waals surface area contributed by atoms with Gasteiger partial charge in [0, 0.05) is 39.8 Å². The van der Waals surface area contributed by atoms with Gasteiger partial charge in [-0.2, -0.15) is 0 Å². The molecule has 1 unspecified atom stereocenters. The molecule has 3 aromatic rings. The minimum absolute atomic E-state index is 0.133. The summed E-state index contributed by atoms with van der Waals surface area (Å²) in [7, 11) is 0. The normalized spacial score (nSPS) is 18.2. The fourth-order valence-corrected chi connectivity index (χ4v) is 4.45. The highest BCUT2D eigenvalue weighted by molar-refractivity contribution is 5.96. The Kier molecular flexibility index (Phi) is 4.33. The van der Waals surface area contributed by atoms with Gasteiger partial charge in [0.25, 0.3) is 5.91 Å². The molecule has 0 fully saturated rings. The Bertz CT molecular complexity index is 1100. The predicted molar refractivity (Wildman–Crippen MR) is 107 cm³/mol. The Morgan fingerprint density at radius 3 is 2.61 bits per heavy atom. The number of nitrogens with one attached hydrogen (secondary N) is 1. The first kappa shape index (κ1) is 18.4. The maximum absolute atomic E-state index is 13.7. The number of hydrogen-bond acceptors (Lipinski definition) is 1. The van der Waals surface area contributed by atoms with Gasteiger partial charge in [-0.05, 0) is 42.3 Å². The number of carbonyl (C=O) groups is 1. The number of rotatable bonds is 2. The third-order valence-corrected chi connectivity index (χ3v) is 5.74. The van der Waals surface area contributed by atoms with Gasteiger partial charge in [-0.3, -0.25) is 4.79 Å². The molecular weight excluding hydrogens is 358 g/mol. The van der Waals surface area contributed by atoms with Crippen molar-refractivity contribution >= 4 is 22.9 Å². The quantitative estimate of drug-likeness (QED) is 0.615. The van der Waals surface area contributed by atoms with Gasteiger partial charge < -0.3 is 9.88 Å². The van der Waals surface area contributed by atoms with Gasteiger partial charge >= 0.3 is 0 Å². The van der Waals surface area contributed by atoms with Crippen molar-refractivity contribution < 1.29 is 13.6 Å². The van der Waals surface area contributed by atoms with Crippen LogP contribution in [0.5, 0.6) is 0 Å². The van der Waals surface area contributed by atoms with Crippen molar-refractivity contribution in [3.8, 4) is 0 Å².